The summed E-state index contributed by atoms with van der Waals surface area (Å²) < 4.78 is 1.33. The lowest BCUT2D eigenvalue weighted by Crippen LogP contribution is -2.25. The number of nitrogens with one attached hydrogen (secondary N) is 2. The number of rotatable bonds is 0. The molecule has 3 N–H and O–H groups in total. The predicted molar refractivity (Wildman–Crippen MR) is 46.6 cm³/mol. The molecular weight excluding hydrogens is 168 g/mol. The van der Waals surface area contributed by atoms with Crippen LogP contribution in [0.15, 0.2) is 24.3 Å². The Labute approximate surface area is 74.1 Å². The maximum absolute atomic E-state index is 8.52. The zero-order valence-electron chi connectivity index (χ0n) is 6.65. The van der Waals surface area contributed by atoms with Gasteiger partial charge in [0.1, 0.15) is 0 Å². The first-order valence-corrected chi connectivity index (χ1v) is 3.67. The molecule has 0 saturated heterocycles. The molecule has 13 heavy (non-hydrogen) atoms. The van der Waals surface area contributed by atoms with Crippen molar-refractivity contribution in [3.63, 3.8) is 0 Å². The molecule has 0 spiro atoms. The monoisotopic (exact) mass is 175 g/mol. The van der Waals surface area contributed by atoms with Crippen molar-refractivity contribution in [2.75, 3.05) is 0 Å². The molecular formula is C8H7N4O. The van der Waals surface area contributed by atoms with Crippen LogP contribution in [0.4, 0.5) is 0 Å². The Hall–Kier alpha value is -1.88. The molecule has 0 aliphatic rings. The first kappa shape index (κ1) is 7.75. The van der Waals surface area contributed by atoms with Gasteiger partial charge in [-0.05, 0) is 12.1 Å². The number of nitrogens with zero attached hydrogens (tertiary/aromatic N) is 2. The predicted octanol–water partition coefficient (Wildman–Crippen LogP) is 0.598. The number of para-hydroxylation sites is 2. The highest BCUT2D eigenvalue weighted by Gasteiger charge is 2.04. The fourth-order valence-electron chi connectivity index (χ4n) is 1.13. The van der Waals surface area contributed by atoms with Crippen molar-refractivity contribution < 1.29 is 5.21 Å². The van der Waals surface area contributed by atoms with Crippen LogP contribution in [-0.4, -0.2) is 20.7 Å². The van der Waals surface area contributed by atoms with Crippen molar-refractivity contribution in [2.45, 2.75) is 0 Å². The Morgan fingerprint density at radius 2 is 2.31 bits per heavy atom. The third-order valence-corrected chi connectivity index (χ3v) is 1.72. The number of aromatic nitrogens is 2. The van der Waals surface area contributed by atoms with Crippen LogP contribution in [0.5, 0.6) is 0 Å². The Morgan fingerprint density at radius 1 is 1.54 bits per heavy atom. The van der Waals surface area contributed by atoms with Gasteiger partial charge in [0.05, 0.1) is 11.0 Å². The van der Waals surface area contributed by atoms with Gasteiger partial charge in [0.25, 0.3) is 0 Å². The van der Waals surface area contributed by atoms with E-state index in [-0.39, 0.29) is 5.96 Å². The second kappa shape index (κ2) is 2.87. The topological polar surface area (TPSA) is 73.9 Å². The van der Waals surface area contributed by atoms with Gasteiger partial charge in [-0.2, -0.15) is 0 Å². The maximum Gasteiger partial charge on any atom is 0.226 e. The molecule has 2 aromatic rings. The molecule has 2 rings (SSSR count). The van der Waals surface area contributed by atoms with Gasteiger partial charge in [-0.15, -0.1) is 0 Å². The highest BCUT2D eigenvalue weighted by atomic mass is 16.5. The molecule has 0 fully saturated rings. The number of fused-ring (bicyclic) bond motifs is 1. The van der Waals surface area contributed by atoms with Crippen LogP contribution in [0.3, 0.4) is 0 Å². The number of hydrogen-bond acceptors (Lipinski definition) is 3. The lowest BCUT2D eigenvalue weighted by Gasteiger charge is -2.01. The molecule has 0 bridgehead atoms. The van der Waals surface area contributed by atoms with Crippen molar-refractivity contribution in [2.24, 2.45) is 0 Å². The van der Waals surface area contributed by atoms with Crippen LogP contribution < -0.4 is 5.48 Å². The van der Waals surface area contributed by atoms with Gasteiger partial charge in [-0.3, -0.25) is 15.2 Å². The lowest BCUT2D eigenvalue weighted by atomic mass is 10.3. The summed E-state index contributed by atoms with van der Waals surface area (Å²) in [7, 11) is 0. The Balaban J connectivity index is 2.64. The van der Waals surface area contributed by atoms with E-state index in [0.717, 1.165) is 11.0 Å². The van der Waals surface area contributed by atoms with Gasteiger partial charge in [-0.25, -0.2) is 10.5 Å². The number of imidazole rings is 1. The Kier molecular flexibility index (Phi) is 1.71. The van der Waals surface area contributed by atoms with Crippen molar-refractivity contribution in [3.8, 4) is 0 Å². The highest BCUT2D eigenvalue weighted by molar-refractivity contribution is 5.89. The van der Waals surface area contributed by atoms with Gasteiger partial charge < -0.3 is 0 Å². The molecule has 0 amide bonds. The smallest absolute Gasteiger partial charge is 0.226 e. The minimum atomic E-state index is -0.172. The van der Waals surface area contributed by atoms with Crippen molar-refractivity contribution in [1.82, 2.24) is 15.0 Å². The van der Waals surface area contributed by atoms with Crippen LogP contribution >= 0.6 is 0 Å². The van der Waals surface area contributed by atoms with Crippen LogP contribution in [0.1, 0.15) is 0 Å². The fourth-order valence-corrected chi connectivity index (χ4v) is 1.13. The summed E-state index contributed by atoms with van der Waals surface area (Å²) in [5.74, 6) is -0.172. The average molecular weight is 175 g/mol. The van der Waals surface area contributed by atoms with Crippen molar-refractivity contribution in [1.29, 1.82) is 5.41 Å². The second-order valence-electron chi connectivity index (χ2n) is 2.50. The van der Waals surface area contributed by atoms with E-state index in [0.29, 0.717) is 0 Å². The maximum atomic E-state index is 8.52. The number of hydroxylamine groups is 1. The van der Waals surface area contributed by atoms with E-state index in [4.69, 9.17) is 10.6 Å². The van der Waals surface area contributed by atoms with E-state index in [1.54, 1.807) is 11.5 Å². The first-order chi connectivity index (χ1) is 6.33. The molecule has 65 valence electrons. The lowest BCUT2D eigenvalue weighted by molar-refractivity contribution is 0.229. The summed E-state index contributed by atoms with van der Waals surface area (Å²) in [6, 6.07) is 7.29. The third-order valence-electron chi connectivity index (χ3n) is 1.72. The van der Waals surface area contributed by atoms with Crippen LogP contribution in [0.25, 0.3) is 11.0 Å². The van der Waals surface area contributed by atoms with Crippen LogP contribution in [0.2, 0.25) is 0 Å². The van der Waals surface area contributed by atoms with E-state index in [1.165, 1.54) is 4.57 Å². The quantitative estimate of drug-likeness (QED) is 0.312. The van der Waals surface area contributed by atoms with E-state index in [9.17, 15) is 0 Å². The van der Waals surface area contributed by atoms with Gasteiger partial charge in [-0.1, -0.05) is 12.1 Å². The largest absolute Gasteiger partial charge is 0.288 e. The number of benzene rings is 1. The summed E-state index contributed by atoms with van der Waals surface area (Å²) in [5, 5.41) is 15.8. The van der Waals surface area contributed by atoms with E-state index < -0.39 is 0 Å². The minimum absolute atomic E-state index is 0.172. The molecule has 1 aromatic heterocycles. The zero-order valence-corrected chi connectivity index (χ0v) is 6.65. The molecule has 1 aromatic carbocycles. The van der Waals surface area contributed by atoms with E-state index in [2.05, 4.69) is 11.3 Å². The number of hydrogen-bond donors (Lipinski definition) is 3. The van der Waals surface area contributed by atoms with E-state index in [1.807, 2.05) is 18.2 Å². The molecule has 1 heterocycles. The van der Waals surface area contributed by atoms with Crippen LogP contribution in [-0.2, 0) is 0 Å². The Morgan fingerprint density at radius 3 is 3.08 bits per heavy atom. The van der Waals surface area contributed by atoms with Gasteiger partial charge in [0.15, 0.2) is 6.33 Å². The highest BCUT2D eigenvalue weighted by Crippen LogP contribution is 2.09. The summed E-state index contributed by atoms with van der Waals surface area (Å²) in [5.41, 5.74) is 3.20. The molecule has 0 saturated carbocycles. The van der Waals surface area contributed by atoms with Crippen LogP contribution in [0, 0.1) is 11.7 Å². The van der Waals surface area contributed by atoms with Gasteiger partial charge in [0.2, 0.25) is 5.96 Å². The molecule has 5 heteroatoms. The van der Waals surface area contributed by atoms with Gasteiger partial charge >= 0.3 is 0 Å². The molecule has 1 radical (unpaired) electrons. The molecule has 0 unspecified atom stereocenters. The summed E-state index contributed by atoms with van der Waals surface area (Å²) >= 11 is 0. The first-order valence-electron chi connectivity index (χ1n) is 3.67. The molecule has 0 atom stereocenters. The summed E-state index contributed by atoms with van der Waals surface area (Å²) in [6.45, 7) is 0. The zero-order chi connectivity index (χ0) is 9.26. The van der Waals surface area contributed by atoms with E-state index >= 15 is 0 Å². The molecule has 5 nitrogen and oxygen atoms in total. The molecule has 0 aliphatic carbocycles. The Bertz CT molecular complexity index is 448. The average Bonchev–Trinajstić information content (AvgIpc) is 2.60. The summed E-state index contributed by atoms with van der Waals surface area (Å²) in [4.78, 5) is 3.93. The van der Waals surface area contributed by atoms with Crippen molar-refractivity contribution >= 4 is 17.0 Å². The third kappa shape index (κ3) is 1.15. The normalized spacial score (nSPS) is 10.2. The molecule has 0 aliphatic heterocycles. The fraction of sp³-hybridized carbons (Fsp3) is 0. The second-order valence-corrected chi connectivity index (χ2v) is 2.50. The minimum Gasteiger partial charge on any atom is -0.288 e. The van der Waals surface area contributed by atoms with Gasteiger partial charge in [0, 0.05) is 0 Å². The van der Waals surface area contributed by atoms with Crippen molar-refractivity contribution in [3.05, 3.63) is 30.6 Å². The standard InChI is InChI=1S/C8H7N4O/c9-8(11-13)12-5-10-6-3-1-2-4-7(6)12/h1-4,13H,(H2,9,11). The summed E-state index contributed by atoms with van der Waals surface area (Å²) in [6.07, 6.45) is 2.58. The SMILES string of the molecule is N=C(NO)n1[c]nc2ccccc21.